The maximum atomic E-state index is 12.2. The van der Waals surface area contributed by atoms with Gasteiger partial charge in [-0.05, 0) is 53.1 Å². The Bertz CT molecular complexity index is 942. The molecule has 0 unspecified atom stereocenters. The Morgan fingerprint density at radius 3 is 1.82 bits per heavy atom. The Kier molecular flexibility index (Phi) is 6.07. The van der Waals surface area contributed by atoms with Crippen molar-refractivity contribution in [1.29, 1.82) is 0 Å². The summed E-state index contributed by atoms with van der Waals surface area (Å²) in [6.45, 7) is 1.56. The molecule has 0 aliphatic carbocycles. The van der Waals surface area contributed by atoms with E-state index in [4.69, 9.17) is 14.2 Å². The van der Waals surface area contributed by atoms with E-state index in [-0.39, 0.29) is 18.5 Å². The molecule has 0 heterocycles. The molecule has 0 atom stereocenters. The number of esters is 2. The quantitative estimate of drug-likeness (QED) is 0.463. The lowest BCUT2D eigenvalue weighted by Gasteiger charge is -2.08. The number of hydrogen-bond acceptors (Lipinski definition) is 5. The van der Waals surface area contributed by atoms with E-state index < -0.39 is 0 Å². The molecule has 3 rings (SSSR count). The third kappa shape index (κ3) is 4.98. The number of methoxy groups -OCH3 is 1. The van der Waals surface area contributed by atoms with Crippen LogP contribution in [0.5, 0.6) is 11.5 Å². The third-order valence-electron chi connectivity index (χ3n) is 4.10. The topological polar surface area (TPSA) is 61.8 Å². The molecule has 28 heavy (non-hydrogen) atoms. The van der Waals surface area contributed by atoms with Crippen molar-refractivity contribution in [3.63, 3.8) is 0 Å². The van der Waals surface area contributed by atoms with Gasteiger partial charge in [0.25, 0.3) is 0 Å². The fourth-order valence-electron chi connectivity index (χ4n) is 2.63. The van der Waals surface area contributed by atoms with E-state index in [1.807, 2.05) is 48.5 Å². The lowest BCUT2D eigenvalue weighted by molar-refractivity contribution is -0.131. The van der Waals surface area contributed by atoms with Crippen LogP contribution >= 0.6 is 0 Å². The molecule has 0 aliphatic rings. The van der Waals surface area contributed by atoms with Crippen LogP contribution in [-0.2, 0) is 16.1 Å². The average Bonchev–Trinajstić information content (AvgIpc) is 2.72. The Balaban J connectivity index is 1.61. The fourth-order valence-corrected chi connectivity index (χ4v) is 2.63. The van der Waals surface area contributed by atoms with Crippen LogP contribution in [-0.4, -0.2) is 19.0 Å². The van der Waals surface area contributed by atoms with Crippen LogP contribution in [0.4, 0.5) is 0 Å². The van der Waals surface area contributed by atoms with Crippen molar-refractivity contribution in [2.24, 2.45) is 0 Å². The zero-order valence-corrected chi connectivity index (χ0v) is 15.7. The molecule has 0 bridgehead atoms. The minimum absolute atomic E-state index is 0.197. The van der Waals surface area contributed by atoms with E-state index in [1.54, 1.807) is 31.4 Å². The number of hydrogen-bond donors (Lipinski definition) is 0. The summed E-state index contributed by atoms with van der Waals surface area (Å²) in [5, 5.41) is 0. The smallest absolute Gasteiger partial charge is 0.338 e. The lowest BCUT2D eigenvalue weighted by atomic mass is 10.0. The van der Waals surface area contributed by atoms with Crippen LogP contribution in [0.2, 0.25) is 0 Å². The van der Waals surface area contributed by atoms with Crippen molar-refractivity contribution >= 4 is 11.9 Å². The van der Waals surface area contributed by atoms with E-state index in [0.717, 1.165) is 22.4 Å². The van der Waals surface area contributed by atoms with E-state index in [9.17, 15) is 9.59 Å². The number of carbonyl (C=O) groups excluding carboxylic acids is 2. The standard InChI is InChI=1S/C23H20O5/c1-16(24)28-22-13-9-19(10-14-22)18-5-7-20(8-6-18)23(25)27-15-17-3-11-21(26-2)12-4-17/h3-14H,15H2,1-2H3. The molecule has 0 fully saturated rings. The maximum absolute atomic E-state index is 12.2. The van der Waals surface area contributed by atoms with Crippen molar-refractivity contribution in [3.8, 4) is 22.6 Å². The molecule has 142 valence electrons. The molecule has 0 N–H and O–H groups in total. The van der Waals surface area contributed by atoms with Gasteiger partial charge in [0.1, 0.15) is 18.1 Å². The van der Waals surface area contributed by atoms with Gasteiger partial charge in [0.05, 0.1) is 12.7 Å². The van der Waals surface area contributed by atoms with Crippen molar-refractivity contribution < 1.29 is 23.8 Å². The van der Waals surface area contributed by atoms with Crippen molar-refractivity contribution in [2.75, 3.05) is 7.11 Å². The summed E-state index contributed by atoms with van der Waals surface area (Å²) in [4.78, 5) is 23.2. The number of carbonyl (C=O) groups is 2. The lowest BCUT2D eigenvalue weighted by Crippen LogP contribution is -2.05. The highest BCUT2D eigenvalue weighted by atomic mass is 16.5. The van der Waals surface area contributed by atoms with Gasteiger partial charge in [0.2, 0.25) is 0 Å². The average molecular weight is 376 g/mol. The first-order valence-corrected chi connectivity index (χ1v) is 8.74. The molecular formula is C23H20O5. The molecule has 0 spiro atoms. The largest absolute Gasteiger partial charge is 0.497 e. The van der Waals surface area contributed by atoms with Gasteiger partial charge in [-0.15, -0.1) is 0 Å². The van der Waals surface area contributed by atoms with E-state index >= 15 is 0 Å². The van der Waals surface area contributed by atoms with Gasteiger partial charge in [-0.2, -0.15) is 0 Å². The molecule has 0 radical (unpaired) electrons. The second-order valence-corrected chi connectivity index (χ2v) is 6.12. The molecule has 5 heteroatoms. The summed E-state index contributed by atoms with van der Waals surface area (Å²) >= 11 is 0. The maximum Gasteiger partial charge on any atom is 0.338 e. The van der Waals surface area contributed by atoms with Crippen LogP contribution in [0.1, 0.15) is 22.8 Å². The van der Waals surface area contributed by atoms with Gasteiger partial charge in [0, 0.05) is 6.92 Å². The minimum atomic E-state index is -0.382. The number of ether oxygens (including phenoxy) is 3. The molecule has 0 amide bonds. The summed E-state index contributed by atoms with van der Waals surface area (Å²) < 4.78 is 15.5. The minimum Gasteiger partial charge on any atom is -0.497 e. The normalized spacial score (nSPS) is 10.2. The molecular weight excluding hydrogens is 356 g/mol. The number of rotatable bonds is 6. The molecule has 0 aromatic heterocycles. The monoisotopic (exact) mass is 376 g/mol. The van der Waals surface area contributed by atoms with Crippen molar-refractivity contribution in [2.45, 2.75) is 13.5 Å². The zero-order chi connectivity index (χ0) is 19.9. The predicted octanol–water partition coefficient (Wildman–Crippen LogP) is 4.64. The summed E-state index contributed by atoms with van der Waals surface area (Å²) in [7, 11) is 1.60. The summed E-state index contributed by atoms with van der Waals surface area (Å²) in [5.41, 5.74) is 3.27. The van der Waals surface area contributed by atoms with E-state index in [1.165, 1.54) is 6.92 Å². The molecule has 0 saturated heterocycles. The molecule has 0 saturated carbocycles. The third-order valence-corrected chi connectivity index (χ3v) is 4.10. The Hall–Kier alpha value is -3.60. The summed E-state index contributed by atoms with van der Waals surface area (Å²) in [6.07, 6.45) is 0. The highest BCUT2D eigenvalue weighted by molar-refractivity contribution is 5.90. The first-order valence-electron chi connectivity index (χ1n) is 8.74. The van der Waals surface area contributed by atoms with Gasteiger partial charge >= 0.3 is 11.9 Å². The zero-order valence-electron chi connectivity index (χ0n) is 15.7. The van der Waals surface area contributed by atoms with Gasteiger partial charge in [-0.25, -0.2) is 4.79 Å². The van der Waals surface area contributed by atoms with Crippen molar-refractivity contribution in [1.82, 2.24) is 0 Å². The highest BCUT2D eigenvalue weighted by Crippen LogP contribution is 2.23. The Labute approximate surface area is 163 Å². The van der Waals surface area contributed by atoms with Crippen LogP contribution in [0, 0.1) is 0 Å². The van der Waals surface area contributed by atoms with E-state index in [2.05, 4.69) is 0 Å². The molecule has 3 aromatic carbocycles. The Morgan fingerprint density at radius 2 is 1.29 bits per heavy atom. The first kappa shape index (κ1) is 19.2. The van der Waals surface area contributed by atoms with E-state index in [0.29, 0.717) is 11.3 Å². The molecule has 0 aliphatic heterocycles. The van der Waals surface area contributed by atoms with Crippen LogP contribution < -0.4 is 9.47 Å². The van der Waals surface area contributed by atoms with Crippen LogP contribution in [0.3, 0.4) is 0 Å². The summed E-state index contributed by atoms with van der Waals surface area (Å²) in [6, 6.07) is 21.7. The summed E-state index contributed by atoms with van der Waals surface area (Å²) in [5.74, 6) is 0.513. The second-order valence-electron chi connectivity index (χ2n) is 6.12. The van der Waals surface area contributed by atoms with Crippen LogP contribution in [0.15, 0.2) is 72.8 Å². The molecule has 3 aromatic rings. The van der Waals surface area contributed by atoms with Crippen molar-refractivity contribution in [3.05, 3.63) is 83.9 Å². The van der Waals surface area contributed by atoms with Gasteiger partial charge < -0.3 is 14.2 Å². The fraction of sp³-hybridized carbons (Fsp3) is 0.130. The Morgan fingerprint density at radius 1 is 0.750 bits per heavy atom. The molecule has 5 nitrogen and oxygen atoms in total. The SMILES string of the molecule is COc1ccc(COC(=O)c2ccc(-c3ccc(OC(C)=O)cc3)cc2)cc1. The predicted molar refractivity (Wildman–Crippen MR) is 105 cm³/mol. The number of benzene rings is 3. The van der Waals surface area contributed by atoms with Crippen LogP contribution in [0.25, 0.3) is 11.1 Å². The van der Waals surface area contributed by atoms with Gasteiger partial charge in [-0.3, -0.25) is 4.79 Å². The highest BCUT2D eigenvalue weighted by Gasteiger charge is 2.08. The van der Waals surface area contributed by atoms with Gasteiger partial charge in [0.15, 0.2) is 0 Å². The first-order chi connectivity index (χ1) is 13.5. The second kappa shape index (κ2) is 8.86. The van der Waals surface area contributed by atoms with Gasteiger partial charge in [-0.1, -0.05) is 36.4 Å².